The lowest BCUT2D eigenvalue weighted by atomic mass is 9.97. The zero-order chi connectivity index (χ0) is 34.4. The maximum Gasteiger partial charge on any atom is 0.265 e. The highest BCUT2D eigenvalue weighted by Crippen LogP contribution is 2.44. The number of aliphatic hydroxyl groups excluding tert-OH is 1. The second-order valence-electron chi connectivity index (χ2n) is 11.9. The minimum Gasteiger partial charge on any atom is -0.493 e. The number of benzene rings is 4. The first-order chi connectivity index (χ1) is 23.9. The normalized spacial score (nSPS) is 21.8. The van der Waals surface area contributed by atoms with Crippen LogP contribution in [0.15, 0.2) is 115 Å². The first kappa shape index (κ1) is 37.4. The lowest BCUT2D eigenvalue weighted by molar-refractivity contribution is -0.277. The Balaban J connectivity index is 1.34. The van der Waals surface area contributed by atoms with Crippen LogP contribution in [0.5, 0.6) is 5.75 Å². The number of carbonyl (C=O) groups excluding carboxylic acids is 1. The Bertz CT molecular complexity index is 1540. The standard InChI is InChI=1S/C37H43BIN2O7P/c1-26(49(38)39)22-44-31-19-17-30(18-20-31)36(43)40-41-37-35(47-25-29-15-9-4-10-16-29)34(46-24-28-13-7-3-8-14-28)33(32(21-42)48-37)45-23-27-11-5-2-6-12-27/h2-20,26,32-35,37,41-42H,21-25,38H2,1H3,(H,40,43). The Hall–Kier alpha value is -2.87. The van der Waals surface area contributed by atoms with Crippen LogP contribution in [0, 0.1) is 0 Å². The van der Waals surface area contributed by atoms with Gasteiger partial charge in [0.2, 0.25) is 0 Å². The molecule has 1 amide bonds. The number of halogens is 1. The van der Waals surface area contributed by atoms with Crippen molar-refractivity contribution in [1.82, 2.24) is 10.9 Å². The molecule has 0 saturated carbocycles. The summed E-state index contributed by atoms with van der Waals surface area (Å²) >= 11 is 2.46. The Morgan fingerprint density at radius 1 is 0.796 bits per heavy atom. The molecule has 12 heteroatoms. The van der Waals surface area contributed by atoms with E-state index in [1.165, 1.54) is 0 Å². The minimum atomic E-state index is -0.886. The van der Waals surface area contributed by atoms with Gasteiger partial charge in [0.15, 0.2) is 6.23 Å². The van der Waals surface area contributed by atoms with Crippen LogP contribution < -0.4 is 15.6 Å². The molecule has 1 aliphatic heterocycles. The Labute approximate surface area is 303 Å². The molecule has 7 atom stereocenters. The largest absolute Gasteiger partial charge is 0.493 e. The first-order valence-corrected chi connectivity index (χ1v) is 21.0. The molecule has 9 nitrogen and oxygen atoms in total. The van der Waals surface area contributed by atoms with Gasteiger partial charge >= 0.3 is 0 Å². The summed E-state index contributed by atoms with van der Waals surface area (Å²) in [6.07, 6.45) is -3.77. The molecule has 258 valence electrons. The maximum atomic E-state index is 13.3. The van der Waals surface area contributed by atoms with Gasteiger partial charge in [0.1, 0.15) is 37.7 Å². The molecule has 0 aliphatic carbocycles. The number of carbonyl (C=O) groups is 1. The quantitative estimate of drug-likeness (QED) is 0.0554. The van der Waals surface area contributed by atoms with Crippen LogP contribution in [-0.4, -0.2) is 68.1 Å². The molecule has 1 saturated heterocycles. The molecule has 7 unspecified atom stereocenters. The van der Waals surface area contributed by atoms with Crippen molar-refractivity contribution in [2.24, 2.45) is 0 Å². The summed E-state index contributed by atoms with van der Waals surface area (Å²) in [5, 5.41) is 10.5. The highest BCUT2D eigenvalue weighted by molar-refractivity contribution is 14.2. The maximum absolute atomic E-state index is 13.3. The van der Waals surface area contributed by atoms with E-state index in [2.05, 4.69) is 47.4 Å². The highest BCUT2D eigenvalue weighted by Gasteiger charge is 2.48. The number of rotatable bonds is 17. The average Bonchev–Trinajstić information content (AvgIpc) is 3.15. The van der Waals surface area contributed by atoms with Gasteiger partial charge in [0.25, 0.3) is 5.91 Å². The van der Waals surface area contributed by atoms with E-state index in [9.17, 15) is 9.90 Å². The van der Waals surface area contributed by atoms with Gasteiger partial charge in [-0.1, -0.05) is 125 Å². The van der Waals surface area contributed by atoms with Crippen molar-refractivity contribution in [3.63, 3.8) is 0 Å². The van der Waals surface area contributed by atoms with Crippen LogP contribution in [0.3, 0.4) is 0 Å². The zero-order valence-corrected chi connectivity index (χ0v) is 30.7. The summed E-state index contributed by atoms with van der Waals surface area (Å²) < 4.78 is 31.9. The first-order valence-electron chi connectivity index (χ1n) is 16.3. The summed E-state index contributed by atoms with van der Waals surface area (Å²) in [7, 11) is 2.22. The van der Waals surface area contributed by atoms with Gasteiger partial charge in [0.05, 0.1) is 33.0 Å². The molecule has 0 aromatic heterocycles. The third-order valence-electron chi connectivity index (χ3n) is 8.21. The van der Waals surface area contributed by atoms with Crippen molar-refractivity contribution < 1.29 is 33.6 Å². The predicted molar refractivity (Wildman–Crippen MR) is 202 cm³/mol. The van der Waals surface area contributed by atoms with Crippen molar-refractivity contribution in [2.75, 3.05) is 13.2 Å². The van der Waals surface area contributed by atoms with E-state index >= 15 is 0 Å². The Morgan fingerprint density at radius 2 is 1.29 bits per heavy atom. The number of hydrazine groups is 1. The monoisotopic (exact) mass is 796 g/mol. The summed E-state index contributed by atoms with van der Waals surface area (Å²) in [5.41, 5.74) is 9.50. The number of nitrogens with one attached hydrogen (secondary N) is 2. The van der Waals surface area contributed by atoms with Gasteiger partial charge in [-0.3, -0.25) is 10.2 Å². The van der Waals surface area contributed by atoms with E-state index in [1.54, 1.807) is 24.3 Å². The van der Waals surface area contributed by atoms with Crippen molar-refractivity contribution in [3.8, 4) is 5.75 Å². The van der Waals surface area contributed by atoms with Crippen LogP contribution in [0.4, 0.5) is 0 Å². The lowest BCUT2D eigenvalue weighted by Crippen LogP contribution is -2.66. The Kier molecular flexibility index (Phi) is 14.9. The van der Waals surface area contributed by atoms with E-state index in [0.29, 0.717) is 23.6 Å². The molecule has 0 radical (unpaired) electrons. The van der Waals surface area contributed by atoms with Crippen LogP contribution in [0.1, 0.15) is 34.0 Å². The molecular formula is C37H43BIN2O7P. The minimum absolute atomic E-state index is 0.127. The van der Waals surface area contributed by atoms with Crippen molar-refractivity contribution in [2.45, 2.75) is 63.0 Å². The van der Waals surface area contributed by atoms with E-state index in [-0.39, 0.29) is 37.8 Å². The number of ether oxygens (including phenoxy) is 5. The summed E-state index contributed by atoms with van der Waals surface area (Å²) in [6, 6.07) is 36.5. The van der Waals surface area contributed by atoms with E-state index in [1.807, 2.05) is 91.0 Å². The third kappa shape index (κ3) is 11.3. The van der Waals surface area contributed by atoms with Gasteiger partial charge in [0, 0.05) is 11.2 Å². The number of amides is 1. The van der Waals surface area contributed by atoms with Gasteiger partial charge < -0.3 is 28.8 Å². The second kappa shape index (κ2) is 19.5. The van der Waals surface area contributed by atoms with E-state index in [0.717, 1.165) is 16.7 Å². The topological polar surface area (TPSA) is 108 Å². The fourth-order valence-corrected chi connectivity index (χ4v) is 6.04. The average molecular weight is 796 g/mol. The van der Waals surface area contributed by atoms with E-state index in [4.69, 9.17) is 23.7 Å². The lowest BCUT2D eigenvalue weighted by Gasteiger charge is -2.46. The van der Waals surface area contributed by atoms with E-state index < -0.39 is 30.6 Å². The molecular weight excluding hydrogens is 753 g/mol. The fraction of sp³-hybridized carbons (Fsp3) is 0.324. The molecule has 3 N–H and O–H groups in total. The van der Waals surface area contributed by atoms with Crippen LogP contribution in [-0.2, 0) is 38.8 Å². The van der Waals surface area contributed by atoms with Gasteiger partial charge in [-0.25, -0.2) is 5.43 Å². The SMILES string of the molecule is BP(I)C(C)COc1ccc(C(=O)NNC2OC(CO)C(OCc3ccccc3)C(OCc3ccccc3)C2OCc2ccccc2)cc1. The molecule has 0 spiro atoms. The molecule has 4 aromatic carbocycles. The van der Waals surface area contributed by atoms with Gasteiger partial charge in [-0.2, -0.15) is 0 Å². The predicted octanol–water partition coefficient (Wildman–Crippen LogP) is 5.54. The smallest absolute Gasteiger partial charge is 0.265 e. The Morgan fingerprint density at radius 3 is 1.78 bits per heavy atom. The molecule has 5 rings (SSSR count). The zero-order valence-electron chi connectivity index (χ0n) is 27.7. The summed E-state index contributed by atoms with van der Waals surface area (Å²) in [5.74, 6) is 0.347. The molecule has 1 heterocycles. The fourth-order valence-electron chi connectivity index (χ4n) is 5.28. The number of hydrogen-bond acceptors (Lipinski definition) is 8. The number of aliphatic hydroxyl groups is 1. The number of hydrogen-bond donors (Lipinski definition) is 3. The second-order valence-corrected chi connectivity index (χ2v) is 18.4. The van der Waals surface area contributed by atoms with Crippen molar-refractivity contribution >= 4 is 41.0 Å². The van der Waals surface area contributed by atoms with Crippen LogP contribution in [0.2, 0.25) is 0 Å². The molecule has 1 aliphatic rings. The molecule has 4 aromatic rings. The summed E-state index contributed by atoms with van der Waals surface area (Å²) in [4.78, 5) is 13.3. The third-order valence-corrected chi connectivity index (χ3v) is 12.4. The summed E-state index contributed by atoms with van der Waals surface area (Å²) in [6.45, 7) is 3.29. The van der Waals surface area contributed by atoms with Crippen LogP contribution >= 0.6 is 27.5 Å². The molecule has 1 fully saturated rings. The highest BCUT2D eigenvalue weighted by atomic mass is 127. The van der Waals surface area contributed by atoms with Crippen molar-refractivity contribution in [1.29, 1.82) is 0 Å². The molecule has 0 bridgehead atoms. The van der Waals surface area contributed by atoms with Gasteiger partial charge in [-0.15, -0.1) is 0 Å². The van der Waals surface area contributed by atoms with Crippen molar-refractivity contribution in [3.05, 3.63) is 138 Å². The van der Waals surface area contributed by atoms with Crippen LogP contribution in [0.25, 0.3) is 0 Å². The molecule has 49 heavy (non-hydrogen) atoms. The van der Waals surface area contributed by atoms with Gasteiger partial charge in [-0.05, 0) is 41.0 Å².